The van der Waals surface area contributed by atoms with E-state index < -0.39 is 0 Å². The highest BCUT2D eigenvalue weighted by Crippen LogP contribution is 2.24. The minimum Gasteiger partial charge on any atom is -0.368 e. The van der Waals surface area contributed by atoms with Crippen molar-refractivity contribution in [2.75, 3.05) is 31.1 Å². The van der Waals surface area contributed by atoms with Crippen molar-refractivity contribution in [3.63, 3.8) is 0 Å². The van der Waals surface area contributed by atoms with Gasteiger partial charge in [-0.3, -0.25) is 14.0 Å². The first-order chi connectivity index (χ1) is 15.4. The lowest BCUT2D eigenvalue weighted by molar-refractivity contribution is 0.0748. The van der Waals surface area contributed by atoms with E-state index in [1.807, 2.05) is 11.0 Å². The largest absolute Gasteiger partial charge is 0.368 e. The van der Waals surface area contributed by atoms with E-state index in [0.717, 1.165) is 17.6 Å². The maximum Gasteiger partial charge on any atom is 0.265 e. The summed E-state index contributed by atoms with van der Waals surface area (Å²) < 4.78 is 2.28. The Morgan fingerprint density at radius 1 is 1.00 bits per heavy atom. The number of anilines is 1. The van der Waals surface area contributed by atoms with Crippen LogP contribution in [-0.4, -0.2) is 46.4 Å². The Balaban J connectivity index is 1.45. The van der Waals surface area contributed by atoms with E-state index >= 15 is 0 Å². The van der Waals surface area contributed by atoms with E-state index in [-0.39, 0.29) is 11.5 Å². The Labute approximate surface area is 194 Å². The topological polar surface area (TPSA) is 57.9 Å². The highest BCUT2D eigenvalue weighted by Gasteiger charge is 2.25. The van der Waals surface area contributed by atoms with E-state index in [1.54, 1.807) is 30.5 Å². The third-order valence-corrected chi connectivity index (χ3v) is 6.60. The molecule has 0 unspecified atom stereocenters. The van der Waals surface area contributed by atoms with Gasteiger partial charge in [-0.2, -0.15) is 0 Å². The van der Waals surface area contributed by atoms with E-state index in [9.17, 15) is 9.59 Å². The van der Waals surface area contributed by atoms with Crippen LogP contribution >= 0.6 is 15.9 Å². The summed E-state index contributed by atoms with van der Waals surface area (Å²) in [5.41, 5.74) is 4.96. The van der Waals surface area contributed by atoms with E-state index in [1.165, 1.54) is 21.2 Å². The molecule has 162 valence electrons. The minimum absolute atomic E-state index is 0.0907. The maximum absolute atomic E-state index is 13.4. The van der Waals surface area contributed by atoms with Crippen LogP contribution in [-0.2, 0) is 0 Å². The zero-order valence-corrected chi connectivity index (χ0v) is 19.6. The fourth-order valence-corrected chi connectivity index (χ4v) is 4.71. The molecule has 1 saturated heterocycles. The summed E-state index contributed by atoms with van der Waals surface area (Å²) in [5, 5.41) is 0.517. The van der Waals surface area contributed by atoms with Crippen LogP contribution in [0.4, 0.5) is 5.69 Å². The van der Waals surface area contributed by atoms with E-state index in [2.05, 4.69) is 57.9 Å². The van der Waals surface area contributed by atoms with Gasteiger partial charge < -0.3 is 9.80 Å². The Hall–Kier alpha value is -3.19. The maximum atomic E-state index is 13.4. The lowest BCUT2D eigenvalue weighted by Gasteiger charge is -2.37. The van der Waals surface area contributed by atoms with Gasteiger partial charge >= 0.3 is 0 Å². The number of rotatable bonds is 2. The van der Waals surface area contributed by atoms with Crippen molar-refractivity contribution >= 4 is 44.1 Å². The summed E-state index contributed by atoms with van der Waals surface area (Å²) in [5.74, 6) is -0.0907. The molecule has 4 aromatic rings. The van der Waals surface area contributed by atoms with Gasteiger partial charge in [0.1, 0.15) is 0 Å². The summed E-state index contributed by atoms with van der Waals surface area (Å²) in [6.45, 7) is 7.00. The highest BCUT2D eigenvalue weighted by atomic mass is 79.9. The van der Waals surface area contributed by atoms with Crippen LogP contribution in [0.2, 0.25) is 0 Å². The van der Waals surface area contributed by atoms with Gasteiger partial charge in [-0.05, 0) is 61.4 Å². The molecule has 32 heavy (non-hydrogen) atoms. The van der Waals surface area contributed by atoms with Gasteiger partial charge in [0.2, 0.25) is 0 Å². The van der Waals surface area contributed by atoms with Gasteiger partial charge in [0, 0.05) is 42.5 Å². The van der Waals surface area contributed by atoms with Crippen LogP contribution in [0.3, 0.4) is 0 Å². The molecule has 0 radical (unpaired) electrons. The molecule has 1 aliphatic rings. The lowest BCUT2D eigenvalue weighted by atomic mass is 10.1. The molecule has 2 aromatic carbocycles. The Bertz CT molecular complexity index is 1420. The summed E-state index contributed by atoms with van der Waals surface area (Å²) in [7, 11) is 0. The third kappa shape index (κ3) is 3.56. The monoisotopic (exact) mass is 490 g/mol. The van der Waals surface area contributed by atoms with Crippen LogP contribution in [0.25, 0.3) is 16.6 Å². The van der Waals surface area contributed by atoms with Crippen LogP contribution in [0.1, 0.15) is 21.5 Å². The normalized spacial score (nSPS) is 14.3. The fourth-order valence-electron chi connectivity index (χ4n) is 4.35. The number of carbonyl (C=O) groups excluding carboxylic acids is 1. The Morgan fingerprint density at radius 2 is 1.78 bits per heavy atom. The second kappa shape index (κ2) is 8.06. The van der Waals surface area contributed by atoms with Crippen molar-refractivity contribution in [3.8, 4) is 0 Å². The zero-order chi connectivity index (χ0) is 22.4. The van der Waals surface area contributed by atoms with Gasteiger partial charge in [-0.15, -0.1) is 0 Å². The standard InChI is InChI=1S/C25H23BrN4O2/c1-16-5-6-17(2)22(14-16)28-10-12-29(13-11-28)24(31)19-4-3-9-30-23(19)27-21-8-7-18(26)15-20(21)25(30)32/h3-9,14-15H,10-13H2,1-2H3. The van der Waals surface area contributed by atoms with Crippen molar-refractivity contribution in [3.05, 3.63) is 86.2 Å². The van der Waals surface area contributed by atoms with Crippen LogP contribution < -0.4 is 10.5 Å². The van der Waals surface area contributed by atoms with Crippen LogP contribution in [0.15, 0.2) is 64.0 Å². The van der Waals surface area contributed by atoms with Crippen LogP contribution in [0.5, 0.6) is 0 Å². The van der Waals surface area contributed by atoms with Gasteiger partial charge in [0.15, 0.2) is 5.65 Å². The summed E-state index contributed by atoms with van der Waals surface area (Å²) in [4.78, 5) is 35.3. The number of aromatic nitrogens is 2. The number of aryl methyl sites for hydroxylation is 2. The molecule has 6 nitrogen and oxygen atoms in total. The zero-order valence-electron chi connectivity index (χ0n) is 18.0. The number of fused-ring (bicyclic) bond motifs is 2. The predicted octanol–water partition coefficient (Wildman–Crippen LogP) is 4.19. The summed E-state index contributed by atoms with van der Waals surface area (Å²) >= 11 is 3.41. The average molecular weight is 491 g/mol. The minimum atomic E-state index is -0.180. The third-order valence-electron chi connectivity index (χ3n) is 6.10. The number of hydrogen-bond acceptors (Lipinski definition) is 4. The molecule has 2 aromatic heterocycles. The number of nitrogens with zero attached hydrogens (tertiary/aromatic N) is 4. The number of benzene rings is 2. The molecule has 0 bridgehead atoms. The van der Waals surface area contributed by atoms with Crippen molar-refractivity contribution < 1.29 is 4.79 Å². The first-order valence-electron chi connectivity index (χ1n) is 10.6. The SMILES string of the molecule is Cc1ccc(C)c(N2CCN(C(=O)c3cccn4c(=O)c5cc(Br)ccc5nc34)CC2)c1. The highest BCUT2D eigenvalue weighted by molar-refractivity contribution is 9.10. The van der Waals surface area contributed by atoms with E-state index in [4.69, 9.17) is 0 Å². The van der Waals surface area contributed by atoms with Crippen molar-refractivity contribution in [2.45, 2.75) is 13.8 Å². The van der Waals surface area contributed by atoms with Crippen LogP contribution in [0, 0.1) is 13.8 Å². The summed E-state index contributed by atoms with van der Waals surface area (Å²) in [6.07, 6.45) is 1.67. The number of piperazine rings is 1. The molecule has 0 N–H and O–H groups in total. The predicted molar refractivity (Wildman–Crippen MR) is 131 cm³/mol. The Kier molecular flexibility index (Phi) is 5.21. The molecule has 5 rings (SSSR count). The second-order valence-electron chi connectivity index (χ2n) is 8.26. The average Bonchev–Trinajstić information content (AvgIpc) is 2.81. The molecule has 0 atom stereocenters. The summed E-state index contributed by atoms with van der Waals surface area (Å²) in [6, 6.07) is 15.4. The Morgan fingerprint density at radius 3 is 2.56 bits per heavy atom. The van der Waals surface area contributed by atoms with Crippen molar-refractivity contribution in [2.24, 2.45) is 0 Å². The number of carbonyl (C=O) groups is 1. The molecular weight excluding hydrogens is 468 g/mol. The van der Waals surface area contributed by atoms with Crippen molar-refractivity contribution in [1.29, 1.82) is 0 Å². The molecule has 7 heteroatoms. The molecule has 1 fully saturated rings. The molecule has 3 heterocycles. The van der Waals surface area contributed by atoms with Gasteiger partial charge in [-0.25, -0.2) is 4.98 Å². The second-order valence-corrected chi connectivity index (χ2v) is 9.18. The molecule has 0 aliphatic carbocycles. The quantitative estimate of drug-likeness (QED) is 0.395. The number of hydrogen-bond donors (Lipinski definition) is 0. The number of amides is 1. The van der Waals surface area contributed by atoms with Crippen molar-refractivity contribution in [1.82, 2.24) is 14.3 Å². The van der Waals surface area contributed by atoms with E-state index in [0.29, 0.717) is 35.2 Å². The molecule has 0 spiro atoms. The first-order valence-corrected chi connectivity index (χ1v) is 11.4. The molecule has 0 saturated carbocycles. The smallest absolute Gasteiger partial charge is 0.265 e. The number of pyridine rings is 1. The fraction of sp³-hybridized carbons (Fsp3) is 0.240. The molecule has 1 amide bonds. The first kappa shape index (κ1) is 20.7. The van der Waals surface area contributed by atoms with Gasteiger partial charge in [0.05, 0.1) is 16.5 Å². The number of halogens is 1. The molecular formula is C25H23BrN4O2. The lowest BCUT2D eigenvalue weighted by Crippen LogP contribution is -2.49. The molecule has 1 aliphatic heterocycles. The van der Waals surface area contributed by atoms with Gasteiger partial charge in [0.25, 0.3) is 11.5 Å². The van der Waals surface area contributed by atoms with Gasteiger partial charge in [-0.1, -0.05) is 28.1 Å².